The Kier molecular flexibility index (Phi) is 5.92. The average Bonchev–Trinajstić information content (AvgIpc) is 3.38. The second-order valence-electron chi connectivity index (χ2n) is 13.7. The highest BCUT2D eigenvalue weighted by Gasteiger charge is 2.35. The Morgan fingerprint density at radius 1 is 0.367 bits per heavy atom. The molecular formula is C46H31N3. The van der Waals surface area contributed by atoms with Crippen molar-refractivity contribution in [2.24, 2.45) is 0 Å². The van der Waals surface area contributed by atoms with Gasteiger partial charge in [0.15, 0.2) is 0 Å². The van der Waals surface area contributed by atoms with Crippen LogP contribution < -0.4 is 0 Å². The quantitative estimate of drug-likeness (QED) is 0.145. The van der Waals surface area contributed by atoms with Gasteiger partial charge in [0, 0.05) is 38.1 Å². The number of rotatable bonds is 3. The molecule has 0 unspecified atom stereocenters. The maximum absolute atomic E-state index is 5.21. The van der Waals surface area contributed by atoms with Gasteiger partial charge in [0.25, 0.3) is 0 Å². The summed E-state index contributed by atoms with van der Waals surface area (Å²) in [6.07, 6.45) is 0. The molecule has 3 nitrogen and oxygen atoms in total. The second kappa shape index (κ2) is 10.4. The summed E-state index contributed by atoms with van der Waals surface area (Å²) in [5, 5.41) is 4.39. The molecular weight excluding hydrogens is 595 g/mol. The van der Waals surface area contributed by atoms with Gasteiger partial charge in [0.05, 0.1) is 33.5 Å². The normalized spacial score (nSPS) is 13.3. The van der Waals surface area contributed by atoms with Crippen molar-refractivity contribution in [2.75, 3.05) is 0 Å². The van der Waals surface area contributed by atoms with Crippen LogP contribution >= 0.6 is 0 Å². The molecule has 1 aliphatic carbocycles. The molecule has 0 saturated heterocycles. The molecule has 3 heterocycles. The molecule has 0 bridgehead atoms. The highest BCUT2D eigenvalue weighted by Crippen LogP contribution is 2.49. The van der Waals surface area contributed by atoms with E-state index in [1.165, 1.54) is 33.4 Å². The summed E-state index contributed by atoms with van der Waals surface area (Å²) in [4.78, 5) is 15.3. The highest BCUT2D eigenvalue weighted by molar-refractivity contribution is 6.04. The minimum absolute atomic E-state index is 0.0199. The van der Waals surface area contributed by atoms with Crippen molar-refractivity contribution in [3.05, 3.63) is 163 Å². The monoisotopic (exact) mass is 625 g/mol. The number of hydrogen-bond acceptors (Lipinski definition) is 3. The number of pyridine rings is 3. The van der Waals surface area contributed by atoms with E-state index in [-0.39, 0.29) is 5.41 Å². The van der Waals surface area contributed by atoms with Gasteiger partial charge < -0.3 is 0 Å². The summed E-state index contributed by atoms with van der Waals surface area (Å²) < 4.78 is 0. The van der Waals surface area contributed by atoms with E-state index in [9.17, 15) is 0 Å². The summed E-state index contributed by atoms with van der Waals surface area (Å²) in [6, 6.07) is 54.2. The van der Waals surface area contributed by atoms with Gasteiger partial charge in [-0.05, 0) is 75.8 Å². The lowest BCUT2D eigenvalue weighted by atomic mass is 9.81. The first kappa shape index (κ1) is 27.9. The summed E-state index contributed by atoms with van der Waals surface area (Å²) in [6.45, 7) is 4.66. The first-order valence-corrected chi connectivity index (χ1v) is 16.9. The number of para-hydroxylation sites is 1. The van der Waals surface area contributed by atoms with Crippen molar-refractivity contribution in [3.8, 4) is 44.8 Å². The predicted octanol–water partition coefficient (Wildman–Crippen LogP) is 11.8. The van der Waals surface area contributed by atoms with Crippen LogP contribution in [-0.4, -0.2) is 15.0 Å². The Labute approximate surface area is 284 Å². The van der Waals surface area contributed by atoms with Crippen LogP contribution in [-0.2, 0) is 5.41 Å². The molecule has 230 valence electrons. The van der Waals surface area contributed by atoms with Crippen LogP contribution in [0.1, 0.15) is 25.0 Å². The molecule has 10 rings (SSSR count). The van der Waals surface area contributed by atoms with Gasteiger partial charge in [-0.3, -0.25) is 0 Å². The molecule has 0 radical (unpaired) electrons. The van der Waals surface area contributed by atoms with Gasteiger partial charge in [0.2, 0.25) is 0 Å². The van der Waals surface area contributed by atoms with E-state index in [4.69, 9.17) is 15.0 Å². The molecule has 3 heteroatoms. The lowest BCUT2D eigenvalue weighted by Gasteiger charge is -2.22. The Morgan fingerprint density at radius 3 is 1.76 bits per heavy atom. The van der Waals surface area contributed by atoms with Gasteiger partial charge in [0.1, 0.15) is 0 Å². The highest BCUT2D eigenvalue weighted by atomic mass is 14.8. The van der Waals surface area contributed by atoms with Crippen LogP contribution in [0.5, 0.6) is 0 Å². The van der Waals surface area contributed by atoms with Crippen LogP contribution in [0.3, 0.4) is 0 Å². The van der Waals surface area contributed by atoms with E-state index in [2.05, 4.69) is 159 Å². The molecule has 1 aliphatic rings. The maximum Gasteiger partial charge on any atom is 0.0972 e. The van der Waals surface area contributed by atoms with Crippen LogP contribution in [0.15, 0.2) is 152 Å². The van der Waals surface area contributed by atoms with E-state index in [1.54, 1.807) is 0 Å². The molecule has 0 saturated carbocycles. The molecule has 0 spiro atoms. The fraction of sp³-hybridized carbons (Fsp3) is 0.0652. The summed E-state index contributed by atoms with van der Waals surface area (Å²) in [7, 11) is 0. The molecule has 9 aromatic rings. The van der Waals surface area contributed by atoms with Crippen LogP contribution in [0.4, 0.5) is 0 Å². The number of fused-ring (bicyclic) bond motifs is 8. The largest absolute Gasteiger partial charge is 0.248 e. The van der Waals surface area contributed by atoms with Crippen molar-refractivity contribution in [3.63, 3.8) is 0 Å². The van der Waals surface area contributed by atoms with E-state index in [0.29, 0.717) is 0 Å². The fourth-order valence-electron chi connectivity index (χ4n) is 7.75. The van der Waals surface area contributed by atoms with Crippen molar-refractivity contribution in [2.45, 2.75) is 19.3 Å². The zero-order valence-electron chi connectivity index (χ0n) is 27.3. The smallest absolute Gasteiger partial charge is 0.0972 e. The summed E-state index contributed by atoms with van der Waals surface area (Å²) in [5.74, 6) is 0. The summed E-state index contributed by atoms with van der Waals surface area (Å²) >= 11 is 0. The fourth-order valence-corrected chi connectivity index (χ4v) is 7.75. The van der Waals surface area contributed by atoms with Gasteiger partial charge >= 0.3 is 0 Å². The lowest BCUT2D eigenvalue weighted by Crippen LogP contribution is -2.14. The third-order valence-corrected chi connectivity index (χ3v) is 10.4. The third-order valence-electron chi connectivity index (χ3n) is 10.4. The SMILES string of the molecule is CC1(C)c2ccccc2-c2ccc(-c3ccc(-c4ccc5ccc6ccc(-c7ccc8nc9ccccc9cc8c7)nc6c5n4)cc3)cc21. The zero-order chi connectivity index (χ0) is 32.7. The van der Waals surface area contributed by atoms with Crippen LogP contribution in [0, 0.1) is 0 Å². The first-order chi connectivity index (χ1) is 24.0. The topological polar surface area (TPSA) is 38.7 Å². The van der Waals surface area contributed by atoms with Crippen molar-refractivity contribution < 1.29 is 0 Å². The van der Waals surface area contributed by atoms with Crippen LogP contribution in [0.25, 0.3) is 88.4 Å². The molecule has 0 aliphatic heterocycles. The Balaban J connectivity index is 1.01. The van der Waals surface area contributed by atoms with E-state index in [1.807, 2.05) is 6.07 Å². The van der Waals surface area contributed by atoms with Gasteiger partial charge in [-0.15, -0.1) is 0 Å². The summed E-state index contributed by atoms with van der Waals surface area (Å²) in [5.41, 5.74) is 15.7. The minimum Gasteiger partial charge on any atom is -0.248 e. The molecule has 0 N–H and O–H groups in total. The number of hydrogen-bond donors (Lipinski definition) is 0. The molecule has 0 fully saturated rings. The maximum atomic E-state index is 5.21. The Hall–Kier alpha value is -6.19. The molecule has 6 aromatic carbocycles. The standard InChI is InChI=1S/C46H31N3/c1-46(2)38-9-5-4-8-36(38)37-21-17-32(27-39(37)46)28-11-13-29(14-12-28)41-22-18-30-15-16-31-19-23-42(49-45(31)44(30)48-41)34-20-24-43-35(26-34)25-33-7-3-6-10-40(33)47-43/h3-27H,1-2H3. The Morgan fingerprint density at radius 2 is 0.959 bits per heavy atom. The lowest BCUT2D eigenvalue weighted by molar-refractivity contribution is 0.660. The van der Waals surface area contributed by atoms with Crippen molar-refractivity contribution >= 4 is 43.6 Å². The van der Waals surface area contributed by atoms with Crippen molar-refractivity contribution in [1.29, 1.82) is 0 Å². The first-order valence-electron chi connectivity index (χ1n) is 16.9. The van der Waals surface area contributed by atoms with E-state index >= 15 is 0 Å². The van der Waals surface area contributed by atoms with Gasteiger partial charge in [-0.1, -0.05) is 123 Å². The molecule has 0 amide bonds. The number of benzene rings is 6. The van der Waals surface area contributed by atoms with Gasteiger partial charge in [-0.25, -0.2) is 15.0 Å². The van der Waals surface area contributed by atoms with E-state index in [0.717, 1.165) is 66.1 Å². The predicted molar refractivity (Wildman–Crippen MR) is 204 cm³/mol. The zero-order valence-corrected chi connectivity index (χ0v) is 27.3. The average molecular weight is 626 g/mol. The number of aromatic nitrogens is 3. The van der Waals surface area contributed by atoms with Crippen molar-refractivity contribution in [1.82, 2.24) is 15.0 Å². The Bertz CT molecular complexity index is 2790. The third kappa shape index (κ3) is 4.39. The second-order valence-corrected chi connectivity index (χ2v) is 13.7. The van der Waals surface area contributed by atoms with E-state index < -0.39 is 0 Å². The molecule has 49 heavy (non-hydrogen) atoms. The minimum atomic E-state index is -0.0199. The molecule has 3 aromatic heterocycles. The molecule has 0 atom stereocenters. The van der Waals surface area contributed by atoms with Gasteiger partial charge in [-0.2, -0.15) is 0 Å². The number of nitrogens with zero attached hydrogens (tertiary/aromatic N) is 3. The van der Waals surface area contributed by atoms with Crippen LogP contribution in [0.2, 0.25) is 0 Å².